The van der Waals surface area contributed by atoms with E-state index in [0.29, 0.717) is 0 Å². The van der Waals surface area contributed by atoms with Crippen molar-refractivity contribution in [1.82, 2.24) is 4.98 Å². The molecule has 7 heteroatoms. The van der Waals surface area contributed by atoms with Crippen molar-refractivity contribution in [2.75, 3.05) is 7.11 Å². The first-order valence-electron chi connectivity index (χ1n) is 4.43. The van der Waals surface area contributed by atoms with Gasteiger partial charge in [0.05, 0.1) is 7.11 Å². The van der Waals surface area contributed by atoms with E-state index in [4.69, 9.17) is 5.26 Å². The van der Waals surface area contributed by atoms with Gasteiger partial charge < -0.3 is 9.72 Å². The smallest absolute Gasteiger partial charge is 0.332 e. The van der Waals surface area contributed by atoms with Crippen molar-refractivity contribution in [1.29, 1.82) is 5.26 Å². The van der Waals surface area contributed by atoms with E-state index in [0.717, 1.165) is 17.4 Å². The van der Waals surface area contributed by atoms with Crippen molar-refractivity contribution in [3.8, 4) is 6.07 Å². The van der Waals surface area contributed by atoms with E-state index in [1.807, 2.05) is 0 Å². The largest absolute Gasteiger partial charge is 0.466 e. The minimum Gasteiger partial charge on any atom is -0.466 e. The van der Waals surface area contributed by atoms with Crippen molar-refractivity contribution >= 4 is 34.7 Å². The van der Waals surface area contributed by atoms with Gasteiger partial charge in [-0.2, -0.15) is 5.26 Å². The first-order chi connectivity index (χ1) is 7.99. The molecule has 0 aliphatic rings. The van der Waals surface area contributed by atoms with Gasteiger partial charge in [0, 0.05) is 6.08 Å². The first kappa shape index (κ1) is 12.9. The zero-order chi connectivity index (χ0) is 13.0. The third kappa shape index (κ3) is 2.89. The van der Waals surface area contributed by atoms with Gasteiger partial charge in [-0.25, -0.2) is 4.79 Å². The summed E-state index contributed by atoms with van der Waals surface area (Å²) < 4.78 is 4.60. The molecule has 0 amide bonds. The molecule has 17 heavy (non-hydrogen) atoms. The van der Waals surface area contributed by atoms with Crippen molar-refractivity contribution < 1.29 is 14.3 Å². The van der Waals surface area contributed by atoms with Crippen LogP contribution in [0.5, 0.6) is 0 Å². The Hall–Kier alpha value is -2.20. The first-order valence-corrected chi connectivity index (χ1v) is 5.25. The molecule has 0 unspecified atom stereocenters. The second kappa shape index (κ2) is 5.23. The predicted molar refractivity (Wildman–Crippen MR) is 60.4 cm³/mol. The van der Waals surface area contributed by atoms with Crippen LogP contribution >= 0.6 is 11.3 Å². The summed E-state index contributed by atoms with van der Waals surface area (Å²) in [6, 6.07) is 1.70. The number of nitriles is 1. The number of rotatable bonds is 2. The highest BCUT2D eigenvalue weighted by molar-refractivity contribution is 7.07. The van der Waals surface area contributed by atoms with E-state index in [1.165, 1.54) is 14.0 Å². The number of hydrogen-bond acceptors (Lipinski definition) is 6. The Kier molecular flexibility index (Phi) is 3.96. The second-order valence-corrected chi connectivity index (χ2v) is 4.01. The monoisotopic (exact) mass is 252 g/mol. The molecule has 1 N–H and O–H groups in total. The standard InChI is InChI=1S/C10H8N2O4S/c1-5(13)6(4-11)10-12-9(15)7(17-10)3-8(14)16-2/h3H,1-2H3,(H,12,15)/b7-3+,10-6-. The van der Waals surface area contributed by atoms with Crippen LogP contribution in [0.3, 0.4) is 0 Å². The van der Waals surface area contributed by atoms with Gasteiger partial charge in [0.25, 0.3) is 5.56 Å². The van der Waals surface area contributed by atoms with Gasteiger partial charge in [0.2, 0.25) is 0 Å². The number of aromatic amines is 1. The van der Waals surface area contributed by atoms with Gasteiger partial charge in [-0.15, -0.1) is 11.3 Å². The predicted octanol–water partition coefficient (Wildman–Crippen LogP) is -1.35. The van der Waals surface area contributed by atoms with Crippen LogP contribution in [0.25, 0.3) is 11.6 Å². The van der Waals surface area contributed by atoms with E-state index in [9.17, 15) is 14.4 Å². The highest BCUT2D eigenvalue weighted by Gasteiger charge is 2.07. The zero-order valence-corrected chi connectivity index (χ0v) is 9.88. The van der Waals surface area contributed by atoms with Crippen LogP contribution in [0.15, 0.2) is 4.79 Å². The van der Waals surface area contributed by atoms with Crippen LogP contribution < -0.4 is 14.8 Å². The van der Waals surface area contributed by atoms with Gasteiger partial charge in [0.1, 0.15) is 20.8 Å². The molecule has 1 heterocycles. The number of esters is 1. The van der Waals surface area contributed by atoms with E-state index < -0.39 is 17.3 Å². The average Bonchev–Trinajstić information content (AvgIpc) is 2.60. The summed E-state index contributed by atoms with van der Waals surface area (Å²) >= 11 is 0.859. The normalized spacial score (nSPS) is 12.9. The van der Waals surface area contributed by atoms with Gasteiger partial charge in [-0.05, 0) is 6.92 Å². The average molecular weight is 252 g/mol. The fourth-order valence-corrected chi connectivity index (χ4v) is 1.96. The SMILES string of the molecule is COC(=O)/C=c1/s/c(=C(/C#N)C(C)=O)[nH]c1=O. The second-order valence-electron chi connectivity index (χ2n) is 2.96. The van der Waals surface area contributed by atoms with Crippen molar-refractivity contribution in [2.24, 2.45) is 0 Å². The fourth-order valence-electron chi connectivity index (χ4n) is 1.01. The lowest BCUT2D eigenvalue weighted by atomic mass is 10.2. The van der Waals surface area contributed by atoms with Crippen molar-refractivity contribution in [3.63, 3.8) is 0 Å². The maximum absolute atomic E-state index is 11.4. The van der Waals surface area contributed by atoms with Gasteiger partial charge >= 0.3 is 5.97 Å². The Morgan fingerprint density at radius 1 is 1.53 bits per heavy atom. The molecule has 0 saturated heterocycles. The number of ether oxygens (including phenoxy) is 1. The molecule has 0 atom stereocenters. The molecule has 88 valence electrons. The molecule has 1 aromatic heterocycles. The summed E-state index contributed by atoms with van der Waals surface area (Å²) in [6.07, 6.45) is 1.00. The van der Waals surface area contributed by atoms with Gasteiger partial charge in [-0.1, -0.05) is 0 Å². The van der Waals surface area contributed by atoms with Crippen LogP contribution in [0.1, 0.15) is 6.92 Å². The molecule has 1 rings (SSSR count). The fraction of sp³-hybridized carbons (Fsp3) is 0.200. The minimum absolute atomic E-state index is 0.0841. The molecule has 0 aliphatic heterocycles. The summed E-state index contributed by atoms with van der Waals surface area (Å²) in [5.41, 5.74) is -0.680. The van der Waals surface area contributed by atoms with E-state index in [-0.39, 0.29) is 14.8 Å². The van der Waals surface area contributed by atoms with E-state index in [2.05, 4.69) is 9.72 Å². The number of H-pyrrole nitrogens is 1. The van der Waals surface area contributed by atoms with Crippen LogP contribution in [-0.4, -0.2) is 23.8 Å². The molecule has 6 nitrogen and oxygen atoms in total. The highest BCUT2D eigenvalue weighted by Crippen LogP contribution is 1.91. The Labute approximate surface area is 99.5 Å². The van der Waals surface area contributed by atoms with Crippen LogP contribution in [0, 0.1) is 11.3 Å². The summed E-state index contributed by atoms with van der Waals surface area (Å²) in [4.78, 5) is 35.8. The molecule has 0 fully saturated rings. The Morgan fingerprint density at radius 3 is 2.65 bits per heavy atom. The van der Waals surface area contributed by atoms with Gasteiger partial charge in [0.15, 0.2) is 5.78 Å². The van der Waals surface area contributed by atoms with E-state index >= 15 is 0 Å². The van der Waals surface area contributed by atoms with Crippen molar-refractivity contribution in [2.45, 2.75) is 6.92 Å². The molecule has 0 spiro atoms. The molecule has 0 bridgehead atoms. The van der Waals surface area contributed by atoms with Crippen LogP contribution in [-0.2, 0) is 14.3 Å². The number of aromatic nitrogens is 1. The summed E-state index contributed by atoms with van der Waals surface area (Å²) in [5, 5.41) is 8.75. The maximum atomic E-state index is 11.4. The van der Waals surface area contributed by atoms with E-state index in [1.54, 1.807) is 6.07 Å². The number of methoxy groups -OCH3 is 1. The van der Waals surface area contributed by atoms with Crippen LogP contribution in [0.4, 0.5) is 0 Å². The zero-order valence-electron chi connectivity index (χ0n) is 9.07. The Morgan fingerprint density at radius 2 is 2.18 bits per heavy atom. The highest BCUT2D eigenvalue weighted by atomic mass is 32.1. The number of carbonyl (C=O) groups excluding carboxylic acids is 2. The number of Topliss-reactive ketones (excluding diaryl/α,β-unsaturated/α-hetero) is 1. The summed E-state index contributed by atoms with van der Waals surface area (Å²) in [5.74, 6) is -1.13. The molecular formula is C10H8N2O4S. The molecule has 1 aromatic rings. The molecular weight excluding hydrogens is 244 g/mol. The topological polar surface area (TPSA) is 100 Å². The molecule has 0 aliphatic carbocycles. The van der Waals surface area contributed by atoms with Gasteiger partial charge in [-0.3, -0.25) is 9.59 Å². The maximum Gasteiger partial charge on any atom is 0.332 e. The third-order valence-electron chi connectivity index (χ3n) is 1.80. The van der Waals surface area contributed by atoms with Crippen LogP contribution in [0.2, 0.25) is 0 Å². The number of nitrogens with one attached hydrogen (secondary N) is 1. The summed E-state index contributed by atoms with van der Waals surface area (Å²) in [7, 11) is 1.18. The third-order valence-corrected chi connectivity index (χ3v) is 2.84. The number of hydrogen-bond donors (Lipinski definition) is 1. The Bertz CT molecular complexity index is 674. The lowest BCUT2D eigenvalue weighted by Crippen LogP contribution is -2.22. The number of carbonyl (C=O) groups is 2. The minimum atomic E-state index is -0.676. The molecule has 0 saturated carbocycles. The molecule has 0 radical (unpaired) electrons. The lowest BCUT2D eigenvalue weighted by molar-refractivity contribution is -0.133. The Balaban J connectivity index is 3.57. The molecule has 0 aromatic carbocycles. The number of thiazole rings is 1. The quantitative estimate of drug-likeness (QED) is 0.656. The lowest BCUT2D eigenvalue weighted by Gasteiger charge is -1.85. The summed E-state index contributed by atoms with van der Waals surface area (Å²) in [6.45, 7) is 1.22. The van der Waals surface area contributed by atoms with Crippen molar-refractivity contribution in [3.05, 3.63) is 19.5 Å². The number of nitrogens with zero attached hydrogens (tertiary/aromatic N) is 1. The number of ketones is 1.